The number of nitrogens with zero attached hydrogens (tertiary/aromatic N) is 2. The van der Waals surface area contributed by atoms with Crippen LogP contribution in [0.5, 0.6) is 0 Å². The minimum absolute atomic E-state index is 0.0297. The quantitative estimate of drug-likeness (QED) is 0.348. The number of carbonyl (C=O) groups excluding carboxylic acids is 3. The zero-order chi connectivity index (χ0) is 31.0. The van der Waals surface area contributed by atoms with E-state index in [-0.39, 0.29) is 36.3 Å². The van der Waals surface area contributed by atoms with Gasteiger partial charge in [-0.2, -0.15) is 0 Å². The van der Waals surface area contributed by atoms with Crippen LogP contribution in [0, 0.1) is 11.3 Å². The molecule has 2 rings (SSSR count). The van der Waals surface area contributed by atoms with Crippen LogP contribution in [-0.4, -0.2) is 86.0 Å². The number of nitrogens with one attached hydrogen (secondary N) is 2. The van der Waals surface area contributed by atoms with Crippen molar-refractivity contribution in [3.8, 4) is 0 Å². The highest BCUT2D eigenvalue weighted by molar-refractivity contribution is 5.91. The van der Waals surface area contributed by atoms with E-state index in [4.69, 9.17) is 4.74 Å². The monoisotopic (exact) mass is 570 g/mol. The Bertz CT molecular complexity index is 1040. The Morgan fingerprint density at radius 1 is 1.00 bits per heavy atom. The molecule has 41 heavy (non-hydrogen) atoms. The molecule has 1 saturated heterocycles. The molecule has 8 heteroatoms. The van der Waals surface area contributed by atoms with Gasteiger partial charge in [0, 0.05) is 25.6 Å². The van der Waals surface area contributed by atoms with Crippen molar-refractivity contribution in [2.45, 2.75) is 91.8 Å². The molecule has 230 valence electrons. The van der Waals surface area contributed by atoms with Gasteiger partial charge < -0.3 is 25.2 Å². The molecule has 0 aromatic heterocycles. The molecule has 1 aromatic rings. The Morgan fingerprint density at radius 3 is 2.10 bits per heavy atom. The lowest BCUT2D eigenvalue weighted by Crippen LogP contribution is -2.61. The molecular weight excluding hydrogens is 516 g/mol. The maximum absolute atomic E-state index is 14.0. The average molecular weight is 571 g/mol. The standard InChI is InChI=1S/C33H54N4O4/c1-23(2)26(20-24(3)21-41-22-27(38)37-18-14-15-19-37)36(10)31(40)29(32(4,5)6)35-30(39)28(34-9)33(7,8)25-16-12-11-13-17-25/h11-13,16-17,20,23,26,28-29,34H,14-15,18-19,21-22H2,1-10H3,(H,35,39)/b24-20+/t26-,28-,29?/m1/s1. The van der Waals surface area contributed by atoms with Gasteiger partial charge in [0.25, 0.3) is 0 Å². The van der Waals surface area contributed by atoms with Gasteiger partial charge in [0.1, 0.15) is 12.6 Å². The molecule has 1 heterocycles. The van der Waals surface area contributed by atoms with Gasteiger partial charge in [-0.1, -0.05) is 84.9 Å². The largest absolute Gasteiger partial charge is 0.367 e. The molecule has 2 N–H and O–H groups in total. The molecule has 3 amide bonds. The van der Waals surface area contributed by atoms with Crippen LogP contribution in [0.2, 0.25) is 0 Å². The maximum atomic E-state index is 14.0. The molecule has 0 saturated carbocycles. The zero-order valence-corrected chi connectivity index (χ0v) is 27.0. The summed E-state index contributed by atoms with van der Waals surface area (Å²) in [5.74, 6) is -0.205. The molecule has 0 aliphatic carbocycles. The summed E-state index contributed by atoms with van der Waals surface area (Å²) in [6.45, 7) is 18.1. The van der Waals surface area contributed by atoms with Gasteiger partial charge in [0.2, 0.25) is 17.7 Å². The summed E-state index contributed by atoms with van der Waals surface area (Å²) in [7, 11) is 3.57. The Kier molecular flexibility index (Phi) is 12.6. The summed E-state index contributed by atoms with van der Waals surface area (Å²) >= 11 is 0. The first-order valence-corrected chi connectivity index (χ1v) is 14.9. The van der Waals surface area contributed by atoms with Crippen molar-refractivity contribution in [1.29, 1.82) is 0 Å². The van der Waals surface area contributed by atoms with Crippen molar-refractivity contribution in [2.24, 2.45) is 11.3 Å². The zero-order valence-electron chi connectivity index (χ0n) is 27.0. The molecule has 0 radical (unpaired) electrons. The predicted molar refractivity (Wildman–Crippen MR) is 165 cm³/mol. The van der Waals surface area contributed by atoms with Crippen LogP contribution in [0.3, 0.4) is 0 Å². The van der Waals surface area contributed by atoms with E-state index in [2.05, 4.69) is 24.5 Å². The van der Waals surface area contributed by atoms with Crippen molar-refractivity contribution in [1.82, 2.24) is 20.4 Å². The van der Waals surface area contributed by atoms with E-state index in [1.165, 1.54) is 0 Å². The van der Waals surface area contributed by atoms with Crippen LogP contribution in [0.4, 0.5) is 0 Å². The van der Waals surface area contributed by atoms with Gasteiger partial charge >= 0.3 is 0 Å². The summed E-state index contributed by atoms with van der Waals surface area (Å²) in [5, 5.41) is 6.30. The molecule has 1 fully saturated rings. The van der Waals surface area contributed by atoms with Gasteiger partial charge in [-0.15, -0.1) is 0 Å². The smallest absolute Gasteiger partial charge is 0.248 e. The van der Waals surface area contributed by atoms with E-state index in [9.17, 15) is 14.4 Å². The third kappa shape index (κ3) is 9.40. The molecule has 1 aliphatic heterocycles. The number of carbonyl (C=O) groups is 3. The lowest BCUT2D eigenvalue weighted by atomic mass is 9.76. The second kappa shape index (κ2) is 15.0. The van der Waals surface area contributed by atoms with Crippen molar-refractivity contribution in [3.63, 3.8) is 0 Å². The van der Waals surface area contributed by atoms with Crippen LogP contribution < -0.4 is 10.6 Å². The Hall–Kier alpha value is -2.71. The lowest BCUT2D eigenvalue weighted by molar-refractivity contribution is -0.140. The molecule has 0 bridgehead atoms. The molecule has 3 atom stereocenters. The van der Waals surface area contributed by atoms with Crippen LogP contribution in [0.15, 0.2) is 42.0 Å². The number of rotatable bonds is 13. The second-order valence-corrected chi connectivity index (χ2v) is 13.4. The van der Waals surface area contributed by atoms with Gasteiger partial charge in [-0.05, 0) is 49.3 Å². The van der Waals surface area contributed by atoms with Crippen LogP contribution >= 0.6 is 0 Å². The number of benzene rings is 1. The highest BCUT2D eigenvalue weighted by Crippen LogP contribution is 2.29. The van der Waals surface area contributed by atoms with E-state index in [1.54, 1.807) is 19.0 Å². The Balaban J connectivity index is 2.17. The number of ether oxygens (including phenoxy) is 1. The topological polar surface area (TPSA) is 91.0 Å². The average Bonchev–Trinajstić information content (AvgIpc) is 3.45. The highest BCUT2D eigenvalue weighted by atomic mass is 16.5. The fourth-order valence-corrected chi connectivity index (χ4v) is 5.53. The fraction of sp³-hybridized carbons (Fsp3) is 0.667. The van der Waals surface area contributed by atoms with Crippen LogP contribution in [-0.2, 0) is 24.5 Å². The van der Waals surface area contributed by atoms with Crippen molar-refractivity contribution >= 4 is 17.7 Å². The van der Waals surface area contributed by atoms with Gasteiger partial charge in [-0.3, -0.25) is 14.4 Å². The summed E-state index contributed by atoms with van der Waals surface area (Å²) in [6, 6.07) is 8.45. The predicted octanol–water partition coefficient (Wildman–Crippen LogP) is 4.15. The maximum Gasteiger partial charge on any atom is 0.248 e. The van der Waals surface area contributed by atoms with E-state index in [1.807, 2.05) is 82.9 Å². The first kappa shape index (κ1) is 34.5. The molecule has 1 aromatic carbocycles. The molecule has 0 spiro atoms. The third-order valence-electron chi connectivity index (χ3n) is 8.14. The van der Waals surface area contributed by atoms with Crippen LogP contribution in [0.25, 0.3) is 0 Å². The third-order valence-corrected chi connectivity index (χ3v) is 8.14. The van der Waals surface area contributed by atoms with Crippen molar-refractivity contribution in [2.75, 3.05) is 40.4 Å². The summed E-state index contributed by atoms with van der Waals surface area (Å²) < 4.78 is 5.72. The Morgan fingerprint density at radius 2 is 1.59 bits per heavy atom. The minimum atomic E-state index is -0.730. The van der Waals surface area contributed by atoms with E-state index < -0.39 is 22.9 Å². The van der Waals surface area contributed by atoms with Crippen molar-refractivity contribution in [3.05, 3.63) is 47.5 Å². The number of hydrogen-bond donors (Lipinski definition) is 2. The van der Waals surface area contributed by atoms with Crippen LogP contribution in [0.1, 0.15) is 73.8 Å². The minimum Gasteiger partial charge on any atom is -0.367 e. The van der Waals surface area contributed by atoms with Gasteiger partial charge in [0.05, 0.1) is 18.7 Å². The Labute approximate surface area is 248 Å². The second-order valence-electron chi connectivity index (χ2n) is 13.4. The molecule has 1 aliphatic rings. The first-order chi connectivity index (χ1) is 19.1. The van der Waals surface area contributed by atoms with E-state index in [0.717, 1.165) is 37.1 Å². The first-order valence-electron chi connectivity index (χ1n) is 14.9. The SMILES string of the molecule is CN[C@H](C(=O)NC(C(=O)N(C)[C@H](/C=C(\C)COCC(=O)N1CCCC1)C(C)C)C(C)(C)C)C(C)(C)c1ccccc1. The van der Waals surface area contributed by atoms with Gasteiger partial charge in [0.15, 0.2) is 0 Å². The number of amides is 3. The lowest BCUT2D eigenvalue weighted by Gasteiger charge is -2.40. The number of likely N-dealkylation sites (tertiary alicyclic amines) is 1. The summed E-state index contributed by atoms with van der Waals surface area (Å²) in [6.07, 6.45) is 4.15. The molecular formula is C33H54N4O4. The molecule has 8 nitrogen and oxygen atoms in total. The molecule has 1 unspecified atom stereocenters. The summed E-state index contributed by atoms with van der Waals surface area (Å²) in [5.41, 5.74) is 0.965. The fourth-order valence-electron chi connectivity index (χ4n) is 5.53. The number of hydrogen-bond acceptors (Lipinski definition) is 5. The number of likely N-dealkylation sites (N-methyl/N-ethyl adjacent to an activating group) is 2. The highest BCUT2D eigenvalue weighted by Gasteiger charge is 2.41. The van der Waals surface area contributed by atoms with E-state index >= 15 is 0 Å². The van der Waals surface area contributed by atoms with Gasteiger partial charge in [-0.25, -0.2) is 0 Å². The van der Waals surface area contributed by atoms with E-state index in [0.29, 0.717) is 6.61 Å². The van der Waals surface area contributed by atoms with Crippen molar-refractivity contribution < 1.29 is 19.1 Å². The normalized spacial score (nSPS) is 16.9. The summed E-state index contributed by atoms with van der Waals surface area (Å²) in [4.78, 5) is 43.6.